The van der Waals surface area contributed by atoms with Crippen molar-refractivity contribution in [1.29, 1.82) is 0 Å². The topological polar surface area (TPSA) is 63.9 Å². The molecule has 0 radical (unpaired) electrons. The van der Waals surface area contributed by atoms with Gasteiger partial charge in [0.2, 0.25) is 0 Å². The lowest BCUT2D eigenvalue weighted by molar-refractivity contribution is -0.137. The van der Waals surface area contributed by atoms with Crippen LogP contribution in [-0.2, 0) is 12.1 Å². The second kappa shape index (κ2) is 8.97. The Labute approximate surface area is 196 Å². The third-order valence-electron chi connectivity index (χ3n) is 5.78. The Bertz CT molecular complexity index is 1200. The number of carbonyl (C=O) groups is 1. The monoisotopic (exact) mass is 497 g/mol. The van der Waals surface area contributed by atoms with Gasteiger partial charge in [-0.3, -0.25) is 4.79 Å². The van der Waals surface area contributed by atoms with E-state index in [-0.39, 0.29) is 24.1 Å². The second-order valence-electron chi connectivity index (χ2n) is 8.60. The van der Waals surface area contributed by atoms with E-state index in [1.54, 1.807) is 6.92 Å². The van der Waals surface area contributed by atoms with Gasteiger partial charge in [0.05, 0.1) is 11.6 Å². The molecule has 1 fully saturated rings. The van der Waals surface area contributed by atoms with Crippen LogP contribution in [0.3, 0.4) is 0 Å². The Hall–Kier alpha value is -3.44. The molecule has 0 saturated heterocycles. The number of pyridine rings is 1. The molecular weight excluding hydrogens is 476 g/mol. The summed E-state index contributed by atoms with van der Waals surface area (Å²) in [6.07, 6.45) is -0.839. The molecule has 1 aromatic carbocycles. The van der Waals surface area contributed by atoms with E-state index in [4.69, 9.17) is 0 Å². The predicted octanol–water partition coefficient (Wildman–Crippen LogP) is 5.55. The van der Waals surface area contributed by atoms with Crippen LogP contribution in [0.4, 0.5) is 26.3 Å². The van der Waals surface area contributed by atoms with E-state index in [0.717, 1.165) is 29.9 Å². The van der Waals surface area contributed by atoms with Crippen LogP contribution in [0.15, 0.2) is 42.9 Å². The summed E-state index contributed by atoms with van der Waals surface area (Å²) in [6.45, 7) is 2.18. The van der Waals surface area contributed by atoms with Crippen molar-refractivity contribution in [3.8, 4) is 5.82 Å². The highest BCUT2D eigenvalue weighted by atomic mass is 19.4. The first-order valence-electron chi connectivity index (χ1n) is 10.8. The van der Waals surface area contributed by atoms with Crippen LogP contribution in [0.1, 0.15) is 60.0 Å². The molecule has 0 bridgehead atoms. The van der Waals surface area contributed by atoms with Crippen molar-refractivity contribution < 1.29 is 31.1 Å². The second-order valence-corrected chi connectivity index (χ2v) is 8.60. The minimum Gasteiger partial charge on any atom is -0.328 e. The van der Waals surface area contributed by atoms with Gasteiger partial charge in [-0.25, -0.2) is 23.1 Å². The van der Waals surface area contributed by atoms with Crippen LogP contribution >= 0.6 is 0 Å². The van der Waals surface area contributed by atoms with E-state index in [9.17, 15) is 31.1 Å². The fourth-order valence-electron chi connectivity index (χ4n) is 3.70. The smallest absolute Gasteiger partial charge is 0.328 e. The van der Waals surface area contributed by atoms with Gasteiger partial charge in [-0.05, 0) is 56.0 Å². The maximum absolute atomic E-state index is 14.3. The number of aromatic nitrogens is 4. The maximum Gasteiger partial charge on any atom is 0.416 e. The molecule has 4 rings (SSSR count). The molecule has 1 amide bonds. The molecule has 0 N–H and O–H groups in total. The van der Waals surface area contributed by atoms with Crippen LogP contribution in [0.2, 0.25) is 0 Å². The van der Waals surface area contributed by atoms with Crippen LogP contribution in [-0.4, -0.2) is 37.1 Å². The molecule has 2 aromatic heterocycles. The number of benzene rings is 1. The molecule has 0 spiro atoms. The van der Waals surface area contributed by atoms with Gasteiger partial charge in [0.15, 0.2) is 17.5 Å². The number of alkyl halides is 5. The molecule has 6 nitrogen and oxygen atoms in total. The Morgan fingerprint density at radius 1 is 1.14 bits per heavy atom. The van der Waals surface area contributed by atoms with Crippen molar-refractivity contribution in [2.24, 2.45) is 5.92 Å². The molecule has 0 aliphatic heterocycles. The maximum atomic E-state index is 14.3. The summed E-state index contributed by atoms with van der Waals surface area (Å²) in [7, 11) is 0. The number of hydrogen-bond acceptors (Lipinski definition) is 4. The molecule has 1 aliphatic carbocycles. The van der Waals surface area contributed by atoms with Gasteiger partial charge < -0.3 is 4.90 Å². The lowest BCUT2D eigenvalue weighted by atomic mass is 10.00. The molecule has 186 valence electrons. The Morgan fingerprint density at radius 2 is 1.83 bits per heavy atom. The molecular formula is C23H21F6N5O. The van der Waals surface area contributed by atoms with Gasteiger partial charge in [-0.15, -0.1) is 0 Å². The van der Waals surface area contributed by atoms with Gasteiger partial charge >= 0.3 is 6.18 Å². The average molecular weight is 497 g/mol. The minimum absolute atomic E-state index is 0.0993. The quantitative estimate of drug-likeness (QED) is 0.402. The summed E-state index contributed by atoms with van der Waals surface area (Å²) < 4.78 is 83.8. The first-order chi connectivity index (χ1) is 16.4. The number of halogens is 6. The third-order valence-corrected chi connectivity index (χ3v) is 5.78. The molecule has 1 atom stereocenters. The van der Waals surface area contributed by atoms with Gasteiger partial charge in [-0.1, -0.05) is 0 Å². The van der Waals surface area contributed by atoms with Crippen LogP contribution < -0.4 is 0 Å². The minimum atomic E-state index is -4.93. The Morgan fingerprint density at radius 3 is 2.43 bits per heavy atom. The molecule has 1 aliphatic rings. The number of hydrogen-bond donors (Lipinski definition) is 0. The number of carbonyl (C=O) groups excluding carboxylic acids is 1. The van der Waals surface area contributed by atoms with Crippen LogP contribution in [0.25, 0.3) is 5.82 Å². The van der Waals surface area contributed by atoms with Crippen LogP contribution in [0, 0.1) is 11.7 Å². The fraction of sp³-hybridized carbons (Fsp3) is 0.391. The summed E-state index contributed by atoms with van der Waals surface area (Å²) in [4.78, 5) is 22.8. The SMILES string of the molecule is CC(c1ncnn1-c1ncccc1F)N(CC1CC1)C(=O)c1cc(C(C)(F)F)cc(C(F)(F)F)c1. The van der Waals surface area contributed by atoms with E-state index < -0.39 is 46.6 Å². The van der Waals surface area contributed by atoms with E-state index in [2.05, 4.69) is 15.1 Å². The van der Waals surface area contributed by atoms with E-state index >= 15 is 0 Å². The van der Waals surface area contributed by atoms with Crippen molar-refractivity contribution >= 4 is 5.91 Å². The normalized spacial score (nSPS) is 15.2. The van der Waals surface area contributed by atoms with Gasteiger partial charge in [-0.2, -0.15) is 23.0 Å². The summed E-state index contributed by atoms with van der Waals surface area (Å²) in [5, 5.41) is 3.99. The molecule has 1 unspecified atom stereocenters. The predicted molar refractivity (Wildman–Crippen MR) is 112 cm³/mol. The zero-order valence-corrected chi connectivity index (χ0v) is 18.7. The standard InChI is InChI=1S/C23H21F6N5O/c1-13(19-31-12-32-34(19)20-18(24)4-3-7-30-20)33(11-14-5-6-14)21(35)15-8-16(22(2,25)26)10-17(9-15)23(27,28)29/h3-4,7-10,12-14H,5-6,11H2,1-2H3. The third kappa shape index (κ3) is 5.30. The van der Waals surface area contributed by atoms with Gasteiger partial charge in [0, 0.05) is 30.8 Å². The average Bonchev–Trinajstić information content (AvgIpc) is 3.48. The van der Waals surface area contributed by atoms with Gasteiger partial charge in [0.1, 0.15) is 6.33 Å². The van der Waals surface area contributed by atoms with Gasteiger partial charge in [0.25, 0.3) is 11.8 Å². The summed E-state index contributed by atoms with van der Waals surface area (Å²) >= 11 is 0. The first-order valence-corrected chi connectivity index (χ1v) is 10.8. The van der Waals surface area contributed by atoms with E-state index in [0.29, 0.717) is 19.1 Å². The van der Waals surface area contributed by atoms with Crippen LogP contribution in [0.5, 0.6) is 0 Å². The number of rotatable bonds is 7. The lowest BCUT2D eigenvalue weighted by Crippen LogP contribution is -2.37. The van der Waals surface area contributed by atoms with E-state index in [1.807, 2.05) is 0 Å². The van der Waals surface area contributed by atoms with Crippen molar-refractivity contribution in [2.45, 2.75) is 44.8 Å². The van der Waals surface area contributed by atoms with Crippen molar-refractivity contribution in [3.63, 3.8) is 0 Å². The van der Waals surface area contributed by atoms with E-state index in [1.165, 1.54) is 23.2 Å². The van der Waals surface area contributed by atoms with Crippen molar-refractivity contribution in [3.05, 3.63) is 71.2 Å². The molecule has 35 heavy (non-hydrogen) atoms. The molecule has 12 heteroatoms. The Balaban J connectivity index is 1.76. The number of amides is 1. The zero-order valence-electron chi connectivity index (χ0n) is 18.7. The number of nitrogens with zero attached hydrogens (tertiary/aromatic N) is 5. The molecule has 1 saturated carbocycles. The highest BCUT2D eigenvalue weighted by Crippen LogP contribution is 2.37. The summed E-state index contributed by atoms with van der Waals surface area (Å²) in [5.74, 6) is -5.12. The summed E-state index contributed by atoms with van der Waals surface area (Å²) in [5.41, 5.74) is -2.80. The Kier molecular flexibility index (Phi) is 6.32. The highest BCUT2D eigenvalue weighted by Gasteiger charge is 2.38. The van der Waals surface area contributed by atoms with Crippen molar-refractivity contribution in [1.82, 2.24) is 24.6 Å². The summed E-state index contributed by atoms with van der Waals surface area (Å²) in [6, 6.07) is 3.34. The first kappa shape index (κ1) is 24.7. The van der Waals surface area contributed by atoms with Crippen molar-refractivity contribution in [2.75, 3.05) is 6.54 Å². The molecule has 3 aromatic rings. The molecule has 2 heterocycles. The highest BCUT2D eigenvalue weighted by molar-refractivity contribution is 5.95. The lowest BCUT2D eigenvalue weighted by Gasteiger charge is -2.29. The zero-order chi connectivity index (χ0) is 25.5. The largest absolute Gasteiger partial charge is 0.416 e. The fourth-order valence-corrected chi connectivity index (χ4v) is 3.70.